The molecule has 4 nitrogen and oxygen atoms in total. The molecule has 0 heterocycles. The van der Waals surface area contributed by atoms with Crippen LogP contribution in [0, 0.1) is 6.92 Å². The molecular weight excluding hydrogens is 348 g/mol. The van der Waals surface area contributed by atoms with Crippen LogP contribution in [0.1, 0.15) is 44.7 Å². The largest absolute Gasteiger partial charge is 0.494 e. The Labute approximate surface area is 162 Å². The minimum atomic E-state index is -0.0274. The molecule has 0 spiro atoms. The van der Waals surface area contributed by atoms with Gasteiger partial charge in [-0.3, -0.25) is 4.79 Å². The number of nitrogens with two attached hydrogens (primary N) is 1. The predicted octanol–water partition coefficient (Wildman–Crippen LogP) is 5.09. The molecule has 0 atom stereocenters. The van der Waals surface area contributed by atoms with E-state index in [9.17, 15) is 4.79 Å². The van der Waals surface area contributed by atoms with Crippen molar-refractivity contribution >= 4 is 29.7 Å². The number of hydrogen-bond donors (Lipinski definition) is 2. The number of hydrogen-bond acceptors (Lipinski definition) is 3. The molecule has 142 valence electrons. The van der Waals surface area contributed by atoms with Crippen molar-refractivity contribution in [2.45, 2.75) is 46.0 Å². The molecule has 0 aliphatic rings. The van der Waals surface area contributed by atoms with Crippen LogP contribution in [0.4, 0.5) is 11.4 Å². The van der Waals surface area contributed by atoms with Crippen LogP contribution in [-0.2, 0) is 10.2 Å². The standard InChI is InChI=1S/C21H28N2O2.ClH/c1-15-7-10-17(22)14-19(15)23-20(24)6-5-13-25-18-11-8-16(9-12-18)21(2,3)4;/h7-12,14H,5-6,13,22H2,1-4H3,(H,23,24);1H. The van der Waals surface area contributed by atoms with E-state index in [4.69, 9.17) is 10.5 Å². The Bertz CT molecular complexity index is 722. The van der Waals surface area contributed by atoms with E-state index in [0.29, 0.717) is 25.1 Å². The van der Waals surface area contributed by atoms with Crippen LogP contribution in [0.3, 0.4) is 0 Å². The van der Waals surface area contributed by atoms with Gasteiger partial charge < -0.3 is 15.8 Å². The first kappa shape index (κ1) is 21.8. The summed E-state index contributed by atoms with van der Waals surface area (Å²) in [4.78, 5) is 12.0. The SMILES string of the molecule is Cc1ccc(N)cc1NC(=O)CCCOc1ccc(C(C)(C)C)cc1.Cl. The number of carbonyl (C=O) groups excluding carboxylic acids is 1. The van der Waals surface area contributed by atoms with E-state index < -0.39 is 0 Å². The summed E-state index contributed by atoms with van der Waals surface area (Å²) in [5.41, 5.74) is 9.57. The minimum absolute atomic E-state index is 0. The molecule has 0 aromatic heterocycles. The number of halogens is 1. The van der Waals surface area contributed by atoms with Gasteiger partial charge in [0.25, 0.3) is 0 Å². The highest BCUT2D eigenvalue weighted by molar-refractivity contribution is 5.92. The van der Waals surface area contributed by atoms with Gasteiger partial charge in [0.05, 0.1) is 6.61 Å². The monoisotopic (exact) mass is 376 g/mol. The van der Waals surface area contributed by atoms with Crippen molar-refractivity contribution in [1.29, 1.82) is 0 Å². The molecule has 1 amide bonds. The van der Waals surface area contributed by atoms with E-state index in [0.717, 1.165) is 17.0 Å². The lowest BCUT2D eigenvalue weighted by molar-refractivity contribution is -0.116. The van der Waals surface area contributed by atoms with Crippen molar-refractivity contribution in [3.8, 4) is 5.75 Å². The molecule has 2 rings (SSSR count). The van der Waals surface area contributed by atoms with E-state index in [1.807, 2.05) is 31.2 Å². The molecule has 2 aromatic rings. The Morgan fingerprint density at radius 1 is 1.12 bits per heavy atom. The number of rotatable bonds is 6. The molecule has 5 heteroatoms. The second-order valence-electron chi connectivity index (χ2n) is 7.35. The average Bonchev–Trinajstić information content (AvgIpc) is 2.55. The van der Waals surface area contributed by atoms with E-state index in [2.05, 4.69) is 38.2 Å². The zero-order valence-electron chi connectivity index (χ0n) is 16.0. The van der Waals surface area contributed by atoms with Crippen LogP contribution in [0.15, 0.2) is 42.5 Å². The van der Waals surface area contributed by atoms with E-state index in [1.165, 1.54) is 5.56 Å². The normalized spacial score (nSPS) is 10.8. The predicted molar refractivity (Wildman–Crippen MR) is 111 cm³/mol. The number of nitrogen functional groups attached to an aromatic ring is 1. The van der Waals surface area contributed by atoms with Gasteiger partial charge in [0, 0.05) is 17.8 Å². The molecule has 0 saturated heterocycles. The Kier molecular flexibility index (Phi) is 7.97. The van der Waals surface area contributed by atoms with Crippen molar-refractivity contribution in [2.24, 2.45) is 0 Å². The van der Waals surface area contributed by atoms with E-state index in [1.54, 1.807) is 6.07 Å². The van der Waals surface area contributed by atoms with Crippen LogP contribution in [0.2, 0.25) is 0 Å². The van der Waals surface area contributed by atoms with Crippen molar-refractivity contribution < 1.29 is 9.53 Å². The zero-order valence-corrected chi connectivity index (χ0v) is 16.8. The van der Waals surface area contributed by atoms with Crippen LogP contribution >= 0.6 is 12.4 Å². The Morgan fingerprint density at radius 3 is 2.38 bits per heavy atom. The number of ether oxygens (including phenoxy) is 1. The fourth-order valence-electron chi connectivity index (χ4n) is 2.46. The smallest absolute Gasteiger partial charge is 0.224 e. The number of anilines is 2. The molecule has 26 heavy (non-hydrogen) atoms. The first-order chi connectivity index (χ1) is 11.8. The molecule has 0 aliphatic heterocycles. The maximum absolute atomic E-state index is 12.0. The highest BCUT2D eigenvalue weighted by Gasteiger charge is 2.13. The van der Waals surface area contributed by atoms with Gasteiger partial charge in [-0.25, -0.2) is 0 Å². The summed E-state index contributed by atoms with van der Waals surface area (Å²) in [6, 6.07) is 13.6. The third-order valence-corrected chi connectivity index (χ3v) is 4.07. The fourth-order valence-corrected chi connectivity index (χ4v) is 2.46. The summed E-state index contributed by atoms with van der Waals surface area (Å²) in [6.45, 7) is 9.01. The molecular formula is C21H29ClN2O2. The summed E-state index contributed by atoms with van der Waals surface area (Å²) >= 11 is 0. The van der Waals surface area contributed by atoms with Gasteiger partial charge in [-0.1, -0.05) is 39.0 Å². The highest BCUT2D eigenvalue weighted by atomic mass is 35.5. The third-order valence-electron chi connectivity index (χ3n) is 4.07. The van der Waals surface area contributed by atoms with Crippen LogP contribution in [0.25, 0.3) is 0 Å². The van der Waals surface area contributed by atoms with E-state index >= 15 is 0 Å². The summed E-state index contributed by atoms with van der Waals surface area (Å²) < 4.78 is 5.72. The number of nitrogens with one attached hydrogen (secondary N) is 1. The Morgan fingerprint density at radius 2 is 1.77 bits per heavy atom. The first-order valence-electron chi connectivity index (χ1n) is 8.65. The summed E-state index contributed by atoms with van der Waals surface area (Å²) in [5, 5.41) is 2.90. The molecule has 0 unspecified atom stereocenters. The lowest BCUT2D eigenvalue weighted by Crippen LogP contribution is -2.14. The molecule has 0 saturated carbocycles. The lowest BCUT2D eigenvalue weighted by Gasteiger charge is -2.19. The molecule has 0 radical (unpaired) electrons. The average molecular weight is 377 g/mol. The van der Waals surface area contributed by atoms with Gasteiger partial charge in [0.2, 0.25) is 5.91 Å². The highest BCUT2D eigenvalue weighted by Crippen LogP contribution is 2.24. The van der Waals surface area contributed by atoms with Crippen molar-refractivity contribution in [2.75, 3.05) is 17.7 Å². The topological polar surface area (TPSA) is 64.3 Å². The van der Waals surface area contributed by atoms with E-state index in [-0.39, 0.29) is 23.7 Å². The minimum Gasteiger partial charge on any atom is -0.494 e. The molecule has 2 aromatic carbocycles. The molecule has 0 bridgehead atoms. The van der Waals surface area contributed by atoms with Crippen LogP contribution in [0.5, 0.6) is 5.75 Å². The summed E-state index contributed by atoms with van der Waals surface area (Å²) in [6.07, 6.45) is 1.07. The van der Waals surface area contributed by atoms with Crippen molar-refractivity contribution in [1.82, 2.24) is 0 Å². The maximum atomic E-state index is 12.0. The van der Waals surface area contributed by atoms with Crippen molar-refractivity contribution in [3.05, 3.63) is 53.6 Å². The van der Waals surface area contributed by atoms with Gasteiger partial charge in [-0.15, -0.1) is 12.4 Å². The molecule has 0 fully saturated rings. The Balaban J connectivity index is 0.00000338. The Hall–Kier alpha value is -2.20. The van der Waals surface area contributed by atoms with Gasteiger partial charge >= 0.3 is 0 Å². The second-order valence-corrected chi connectivity index (χ2v) is 7.35. The number of benzene rings is 2. The molecule has 0 aliphatic carbocycles. The van der Waals surface area contributed by atoms with Crippen LogP contribution < -0.4 is 15.8 Å². The van der Waals surface area contributed by atoms with Crippen molar-refractivity contribution in [3.63, 3.8) is 0 Å². The lowest BCUT2D eigenvalue weighted by atomic mass is 9.87. The fraction of sp³-hybridized carbons (Fsp3) is 0.381. The van der Waals surface area contributed by atoms with Gasteiger partial charge in [0.1, 0.15) is 5.75 Å². The molecule has 3 N–H and O–H groups in total. The van der Waals surface area contributed by atoms with Gasteiger partial charge in [-0.2, -0.15) is 0 Å². The maximum Gasteiger partial charge on any atom is 0.224 e. The zero-order chi connectivity index (χ0) is 18.4. The number of aryl methyl sites for hydroxylation is 1. The summed E-state index contributed by atoms with van der Waals surface area (Å²) in [5.74, 6) is 0.806. The van der Waals surface area contributed by atoms with Gasteiger partial charge in [-0.05, 0) is 54.2 Å². The van der Waals surface area contributed by atoms with Crippen LogP contribution in [-0.4, -0.2) is 12.5 Å². The number of amides is 1. The second kappa shape index (κ2) is 9.48. The quantitative estimate of drug-likeness (QED) is 0.544. The number of carbonyl (C=O) groups is 1. The third kappa shape index (κ3) is 6.60. The first-order valence-corrected chi connectivity index (χ1v) is 8.65. The summed E-state index contributed by atoms with van der Waals surface area (Å²) in [7, 11) is 0. The van der Waals surface area contributed by atoms with Gasteiger partial charge in [0.15, 0.2) is 0 Å².